The van der Waals surface area contributed by atoms with Crippen LogP contribution in [0.15, 0.2) is 4.79 Å². The highest BCUT2D eigenvalue weighted by Gasteiger charge is 2.25. The quantitative estimate of drug-likeness (QED) is 0.822. The van der Waals surface area contributed by atoms with Gasteiger partial charge in [0.2, 0.25) is 0 Å². The molecule has 1 saturated heterocycles. The van der Waals surface area contributed by atoms with Crippen LogP contribution in [0, 0.1) is 4.77 Å². The number of hydrogen-bond acceptors (Lipinski definition) is 4. The standard InChI is InChI=1S/C13H14N2O2S2/c16-12-10-8-2-1-3-9(8)19-11(10)14-13(18)15(12)7-4-5-17-6-7/h7H,1-6H2,(H,14,18). The van der Waals surface area contributed by atoms with Crippen LogP contribution in [0.3, 0.4) is 0 Å². The van der Waals surface area contributed by atoms with Crippen molar-refractivity contribution in [2.75, 3.05) is 13.2 Å². The number of H-pyrrole nitrogens is 1. The van der Waals surface area contributed by atoms with E-state index in [0.29, 0.717) is 18.0 Å². The Morgan fingerprint density at radius 3 is 3.11 bits per heavy atom. The van der Waals surface area contributed by atoms with Gasteiger partial charge in [0.1, 0.15) is 4.83 Å². The summed E-state index contributed by atoms with van der Waals surface area (Å²) < 4.78 is 7.66. The maximum Gasteiger partial charge on any atom is 0.263 e. The highest BCUT2D eigenvalue weighted by Crippen LogP contribution is 2.34. The van der Waals surface area contributed by atoms with E-state index in [4.69, 9.17) is 17.0 Å². The topological polar surface area (TPSA) is 47.0 Å². The summed E-state index contributed by atoms with van der Waals surface area (Å²) in [5.41, 5.74) is 1.33. The lowest BCUT2D eigenvalue weighted by Crippen LogP contribution is -2.27. The van der Waals surface area contributed by atoms with Crippen LogP contribution in [0.1, 0.15) is 29.3 Å². The van der Waals surface area contributed by atoms with Crippen LogP contribution in [0.5, 0.6) is 0 Å². The number of thiophene rings is 1. The molecule has 1 unspecified atom stereocenters. The zero-order chi connectivity index (χ0) is 13.0. The molecular weight excluding hydrogens is 280 g/mol. The normalized spacial score (nSPS) is 22.2. The van der Waals surface area contributed by atoms with Gasteiger partial charge in [0.15, 0.2) is 4.77 Å². The Bertz CT molecular complexity index is 765. The molecule has 1 N–H and O–H groups in total. The smallest absolute Gasteiger partial charge is 0.263 e. The van der Waals surface area contributed by atoms with Gasteiger partial charge in [0.05, 0.1) is 18.0 Å². The molecule has 1 aliphatic heterocycles. The fourth-order valence-corrected chi connectivity index (χ4v) is 4.83. The summed E-state index contributed by atoms with van der Waals surface area (Å²) in [6.07, 6.45) is 4.16. The van der Waals surface area contributed by atoms with Gasteiger partial charge < -0.3 is 9.72 Å². The molecule has 19 heavy (non-hydrogen) atoms. The van der Waals surface area contributed by atoms with Gasteiger partial charge in [-0.25, -0.2) is 0 Å². The molecule has 1 aliphatic carbocycles. The van der Waals surface area contributed by atoms with Gasteiger partial charge >= 0.3 is 0 Å². The molecule has 100 valence electrons. The second kappa shape index (κ2) is 4.26. The number of nitrogens with one attached hydrogen (secondary N) is 1. The van der Waals surface area contributed by atoms with Crippen LogP contribution in [-0.2, 0) is 17.6 Å². The van der Waals surface area contributed by atoms with Crippen LogP contribution in [0.4, 0.5) is 0 Å². The number of hydrogen-bond donors (Lipinski definition) is 1. The van der Waals surface area contributed by atoms with Crippen LogP contribution < -0.4 is 5.56 Å². The fraction of sp³-hybridized carbons (Fsp3) is 0.538. The molecule has 0 spiro atoms. The third-order valence-electron chi connectivity index (χ3n) is 4.06. The summed E-state index contributed by atoms with van der Waals surface area (Å²) in [5, 5.41) is 0.873. The van der Waals surface area contributed by atoms with E-state index in [0.717, 1.165) is 29.5 Å². The molecule has 2 aliphatic rings. The van der Waals surface area contributed by atoms with Crippen molar-refractivity contribution in [3.63, 3.8) is 0 Å². The third-order valence-corrected chi connectivity index (χ3v) is 5.57. The first-order valence-corrected chi connectivity index (χ1v) is 7.85. The molecule has 1 atom stereocenters. The van der Waals surface area contributed by atoms with Crippen molar-refractivity contribution in [3.05, 3.63) is 25.6 Å². The highest BCUT2D eigenvalue weighted by atomic mass is 32.1. The van der Waals surface area contributed by atoms with Crippen molar-refractivity contribution in [1.29, 1.82) is 0 Å². The van der Waals surface area contributed by atoms with Crippen molar-refractivity contribution in [1.82, 2.24) is 9.55 Å². The maximum atomic E-state index is 12.8. The number of aromatic amines is 1. The zero-order valence-electron chi connectivity index (χ0n) is 10.4. The molecule has 4 rings (SSSR count). The first-order chi connectivity index (χ1) is 9.25. The largest absolute Gasteiger partial charge is 0.379 e. The second-order valence-corrected chi connectivity index (χ2v) is 6.68. The number of aryl methyl sites for hydroxylation is 2. The molecule has 0 aromatic carbocycles. The van der Waals surface area contributed by atoms with Gasteiger partial charge in [-0.05, 0) is 43.5 Å². The zero-order valence-corrected chi connectivity index (χ0v) is 12.0. The molecule has 0 radical (unpaired) electrons. The lowest BCUT2D eigenvalue weighted by molar-refractivity contribution is 0.185. The van der Waals surface area contributed by atoms with E-state index >= 15 is 0 Å². The van der Waals surface area contributed by atoms with Gasteiger partial charge in [-0.1, -0.05) is 0 Å². The molecule has 6 heteroatoms. The van der Waals surface area contributed by atoms with E-state index in [1.807, 2.05) is 0 Å². The number of nitrogens with zero attached hydrogens (tertiary/aromatic N) is 1. The second-order valence-electron chi connectivity index (χ2n) is 5.18. The summed E-state index contributed by atoms with van der Waals surface area (Å²) in [7, 11) is 0. The van der Waals surface area contributed by atoms with E-state index in [9.17, 15) is 4.79 Å². The molecule has 0 amide bonds. The van der Waals surface area contributed by atoms with Crippen molar-refractivity contribution in [3.8, 4) is 0 Å². The van der Waals surface area contributed by atoms with Crippen molar-refractivity contribution in [2.45, 2.75) is 31.7 Å². The third kappa shape index (κ3) is 1.67. The SMILES string of the molecule is O=c1c2c3c(sc2[nH]c(=S)n1C1CCOC1)CCC3. The van der Waals surface area contributed by atoms with Gasteiger partial charge in [-0.3, -0.25) is 9.36 Å². The van der Waals surface area contributed by atoms with E-state index in [2.05, 4.69) is 4.98 Å². The van der Waals surface area contributed by atoms with Crippen molar-refractivity contribution < 1.29 is 4.74 Å². The molecule has 3 heterocycles. The number of rotatable bonds is 1. The summed E-state index contributed by atoms with van der Waals surface area (Å²) in [5.74, 6) is 0. The summed E-state index contributed by atoms with van der Waals surface area (Å²) in [4.78, 5) is 18.3. The van der Waals surface area contributed by atoms with Crippen LogP contribution in [-0.4, -0.2) is 22.8 Å². The first kappa shape index (κ1) is 11.8. The van der Waals surface area contributed by atoms with Gasteiger partial charge in [-0.2, -0.15) is 0 Å². The molecule has 0 bridgehead atoms. The molecule has 4 nitrogen and oxygen atoms in total. The number of ether oxygens (including phenoxy) is 1. The summed E-state index contributed by atoms with van der Waals surface area (Å²) in [6.45, 7) is 1.31. The van der Waals surface area contributed by atoms with Crippen LogP contribution >= 0.6 is 23.6 Å². The molecular formula is C13H14N2O2S2. The lowest BCUT2D eigenvalue weighted by Gasteiger charge is -2.12. The van der Waals surface area contributed by atoms with Gasteiger partial charge in [0, 0.05) is 11.5 Å². The number of aromatic nitrogens is 2. The maximum absolute atomic E-state index is 12.8. The minimum absolute atomic E-state index is 0.0775. The minimum atomic E-state index is 0.0775. The minimum Gasteiger partial charge on any atom is -0.379 e. The number of fused-ring (bicyclic) bond motifs is 3. The highest BCUT2D eigenvalue weighted by molar-refractivity contribution is 7.71. The monoisotopic (exact) mass is 294 g/mol. The predicted molar refractivity (Wildman–Crippen MR) is 77.8 cm³/mol. The molecule has 1 fully saturated rings. The van der Waals surface area contributed by atoms with E-state index in [1.54, 1.807) is 15.9 Å². The fourth-order valence-electron chi connectivity index (χ4n) is 3.15. The Morgan fingerprint density at radius 1 is 1.42 bits per heavy atom. The van der Waals surface area contributed by atoms with Crippen LogP contribution in [0.25, 0.3) is 10.2 Å². The van der Waals surface area contributed by atoms with Gasteiger partial charge in [0.25, 0.3) is 5.56 Å². The first-order valence-electron chi connectivity index (χ1n) is 6.62. The Labute approximate surface area is 119 Å². The van der Waals surface area contributed by atoms with Crippen LogP contribution in [0.2, 0.25) is 0 Å². The Morgan fingerprint density at radius 2 is 2.32 bits per heavy atom. The van der Waals surface area contributed by atoms with E-state index < -0.39 is 0 Å². The Hall–Kier alpha value is -0.980. The predicted octanol–water partition coefficient (Wildman–Crippen LogP) is 2.57. The Balaban J connectivity index is 2.04. The van der Waals surface area contributed by atoms with E-state index in [1.165, 1.54) is 16.9 Å². The lowest BCUT2D eigenvalue weighted by atomic mass is 10.2. The Kier molecular flexibility index (Phi) is 2.65. The molecule has 2 aromatic heterocycles. The van der Waals surface area contributed by atoms with E-state index in [-0.39, 0.29) is 11.6 Å². The van der Waals surface area contributed by atoms with Gasteiger partial charge in [-0.15, -0.1) is 11.3 Å². The molecule has 0 saturated carbocycles. The summed E-state index contributed by atoms with van der Waals surface area (Å²) in [6, 6.07) is 0.0950. The average molecular weight is 294 g/mol. The average Bonchev–Trinajstić information content (AvgIpc) is 3.02. The summed E-state index contributed by atoms with van der Waals surface area (Å²) >= 11 is 7.07. The van der Waals surface area contributed by atoms with Crippen molar-refractivity contribution in [2.24, 2.45) is 0 Å². The molecule has 2 aromatic rings. The van der Waals surface area contributed by atoms with Crippen molar-refractivity contribution >= 4 is 33.8 Å².